The molecule has 0 N–H and O–H groups in total. The number of nitrogens with zero attached hydrogens (tertiary/aromatic N) is 4. The fourth-order valence-electron chi connectivity index (χ4n) is 9.46. The second kappa shape index (κ2) is 8.03. The molecule has 0 radical (unpaired) electrons. The molecular weight excluding hydrogens is 536 g/mol. The first kappa shape index (κ1) is 23.4. The largest absolute Gasteiger partial charge is 0.452 e. The first-order chi connectivity index (χ1) is 20.6. The minimum atomic E-state index is 0.273. The Balaban J connectivity index is 1.33. The van der Waals surface area contributed by atoms with Crippen molar-refractivity contribution in [3.63, 3.8) is 0 Å². The number of thiophene rings is 1. The van der Waals surface area contributed by atoms with Crippen molar-refractivity contribution in [2.75, 3.05) is 0 Å². The molecule has 6 heteroatoms. The molecule has 2 aromatic carbocycles. The lowest BCUT2D eigenvalue weighted by Crippen LogP contribution is -2.25. The van der Waals surface area contributed by atoms with Crippen LogP contribution in [0.5, 0.6) is 11.5 Å². The lowest BCUT2D eigenvalue weighted by atomic mass is 9.66. The first-order valence-electron chi connectivity index (χ1n) is 15.5. The SMILES string of the molecule is Cc1c(-c2ccc(C#N)nc2C#N)sc2c1c1cc3c(c4c1n2-c1ccc2c(c1O4)C1CCC2CC1)C1CCC3CC1. The van der Waals surface area contributed by atoms with Crippen LogP contribution in [0.15, 0.2) is 30.3 Å². The van der Waals surface area contributed by atoms with Crippen LogP contribution in [0.2, 0.25) is 0 Å². The van der Waals surface area contributed by atoms with Gasteiger partial charge < -0.3 is 4.74 Å². The van der Waals surface area contributed by atoms with Gasteiger partial charge in [-0.15, -0.1) is 11.3 Å². The standard InChI is InChI=1S/C36H28N4OS/c1-17-29-26-14-25-19-4-8-21(9-5-19)31(25)34-32(26)40(36(29)42-35(17)24-11-10-22(15-37)39-27(24)16-38)28-13-12-23-18-2-6-20(7-3-18)30(23)33(28)41-34/h10-14,18-21H,2-9H2,1H3. The molecule has 0 spiro atoms. The molecule has 42 heavy (non-hydrogen) atoms. The van der Waals surface area contributed by atoms with E-state index in [1.165, 1.54) is 106 Å². The van der Waals surface area contributed by atoms with E-state index in [4.69, 9.17) is 4.74 Å². The van der Waals surface area contributed by atoms with Crippen LogP contribution >= 0.6 is 11.3 Å². The number of hydrogen-bond donors (Lipinski definition) is 0. The molecule has 5 nitrogen and oxygen atoms in total. The van der Waals surface area contributed by atoms with E-state index in [-0.39, 0.29) is 5.69 Å². The quantitative estimate of drug-likeness (QED) is 0.199. The predicted octanol–water partition coefficient (Wildman–Crippen LogP) is 9.57. The van der Waals surface area contributed by atoms with Gasteiger partial charge in [-0.3, -0.25) is 4.57 Å². The average Bonchev–Trinajstić information content (AvgIpc) is 3.56. The van der Waals surface area contributed by atoms with E-state index in [0.717, 1.165) is 21.9 Å². The maximum Gasteiger partial charge on any atom is 0.155 e. The van der Waals surface area contributed by atoms with E-state index in [9.17, 15) is 10.5 Å². The number of nitriles is 2. The van der Waals surface area contributed by atoms with E-state index in [1.807, 2.05) is 6.07 Å². The average molecular weight is 565 g/mol. The van der Waals surface area contributed by atoms with Crippen LogP contribution < -0.4 is 4.74 Å². The Kier molecular flexibility index (Phi) is 4.48. The van der Waals surface area contributed by atoms with Crippen molar-refractivity contribution in [2.24, 2.45) is 0 Å². The van der Waals surface area contributed by atoms with Crippen LogP contribution in [-0.2, 0) is 0 Å². The van der Waals surface area contributed by atoms with Gasteiger partial charge in [0.15, 0.2) is 17.2 Å². The number of aromatic nitrogens is 2. The number of pyridine rings is 1. The van der Waals surface area contributed by atoms with Gasteiger partial charge in [-0.05, 0) is 123 Å². The summed E-state index contributed by atoms with van der Waals surface area (Å²) in [5, 5.41) is 21.9. The maximum absolute atomic E-state index is 9.98. The molecule has 2 saturated carbocycles. The Hall–Kier alpha value is -4.13. The number of hydrogen-bond acceptors (Lipinski definition) is 5. The van der Waals surface area contributed by atoms with Gasteiger partial charge in [0, 0.05) is 32.3 Å². The highest BCUT2D eigenvalue weighted by atomic mass is 32.1. The summed E-state index contributed by atoms with van der Waals surface area (Å²) in [6, 6.07) is 15.2. The summed E-state index contributed by atoms with van der Waals surface area (Å²) in [5.74, 6) is 4.68. The number of fused-ring (bicyclic) bond motifs is 9. The normalized spacial score (nSPS) is 24.2. The molecule has 0 saturated heterocycles. The molecule has 4 bridgehead atoms. The highest BCUT2D eigenvalue weighted by Gasteiger charge is 2.42. The first-order valence-corrected chi connectivity index (χ1v) is 16.3. The van der Waals surface area contributed by atoms with Crippen LogP contribution in [0.25, 0.3) is 37.2 Å². The molecule has 204 valence electrons. The zero-order valence-corrected chi connectivity index (χ0v) is 24.3. The Morgan fingerprint density at radius 2 is 1.52 bits per heavy atom. The van der Waals surface area contributed by atoms with Gasteiger partial charge in [0.05, 0.1) is 11.2 Å². The number of rotatable bonds is 1. The van der Waals surface area contributed by atoms with E-state index >= 15 is 0 Å². The van der Waals surface area contributed by atoms with Gasteiger partial charge in [-0.2, -0.15) is 10.5 Å². The predicted molar refractivity (Wildman–Crippen MR) is 164 cm³/mol. The third-order valence-electron chi connectivity index (χ3n) is 11.3. The van der Waals surface area contributed by atoms with Gasteiger partial charge in [-0.1, -0.05) is 6.07 Å². The van der Waals surface area contributed by atoms with E-state index in [2.05, 4.69) is 46.8 Å². The van der Waals surface area contributed by atoms with Crippen molar-refractivity contribution in [1.29, 1.82) is 10.5 Å². The molecule has 1 aliphatic heterocycles. The smallest absolute Gasteiger partial charge is 0.155 e. The minimum absolute atomic E-state index is 0.273. The summed E-state index contributed by atoms with van der Waals surface area (Å²) in [5.41, 5.74) is 11.0. The molecule has 4 heterocycles. The number of aryl methyl sites for hydroxylation is 1. The van der Waals surface area contributed by atoms with Crippen LogP contribution in [0.3, 0.4) is 0 Å². The second-order valence-electron chi connectivity index (χ2n) is 13.1. The summed E-state index contributed by atoms with van der Waals surface area (Å²) in [4.78, 5) is 6.63. The van der Waals surface area contributed by atoms with Gasteiger partial charge in [0.1, 0.15) is 22.7 Å². The Morgan fingerprint density at radius 3 is 2.24 bits per heavy atom. The zero-order valence-electron chi connectivity index (χ0n) is 23.5. The molecule has 0 amide bonds. The highest BCUT2D eigenvalue weighted by molar-refractivity contribution is 7.22. The van der Waals surface area contributed by atoms with Gasteiger partial charge >= 0.3 is 0 Å². The fraction of sp³-hybridized carbons (Fsp3) is 0.361. The second-order valence-corrected chi connectivity index (χ2v) is 14.1. The van der Waals surface area contributed by atoms with Crippen LogP contribution in [0.1, 0.15) is 114 Å². The molecule has 0 atom stereocenters. The van der Waals surface area contributed by atoms with Gasteiger partial charge in [0.25, 0.3) is 0 Å². The third-order valence-corrected chi connectivity index (χ3v) is 12.6. The highest BCUT2D eigenvalue weighted by Crippen LogP contribution is 2.62. The molecule has 6 aliphatic carbocycles. The Labute approximate surface area is 248 Å². The summed E-state index contributed by atoms with van der Waals surface area (Å²) in [6.45, 7) is 2.19. The summed E-state index contributed by atoms with van der Waals surface area (Å²) in [7, 11) is 0. The van der Waals surface area contributed by atoms with E-state index < -0.39 is 0 Å². The third kappa shape index (κ3) is 2.75. The topological polar surface area (TPSA) is 74.6 Å². The van der Waals surface area contributed by atoms with Crippen molar-refractivity contribution < 1.29 is 4.74 Å². The maximum atomic E-state index is 9.98. The molecule has 3 aromatic heterocycles. The number of ether oxygens (including phenoxy) is 1. The summed E-state index contributed by atoms with van der Waals surface area (Å²) in [6.07, 6.45) is 10.2. The van der Waals surface area contributed by atoms with E-state index in [0.29, 0.717) is 29.4 Å². The molecule has 0 unspecified atom stereocenters. The molecule has 12 rings (SSSR count). The van der Waals surface area contributed by atoms with Crippen LogP contribution in [0.4, 0.5) is 0 Å². The van der Waals surface area contributed by atoms with Crippen LogP contribution in [-0.4, -0.2) is 9.55 Å². The molecule has 7 aliphatic rings. The lowest BCUT2D eigenvalue weighted by molar-refractivity contribution is 0.333. The molecular formula is C36H28N4OS. The van der Waals surface area contributed by atoms with Gasteiger partial charge in [-0.25, -0.2) is 4.98 Å². The lowest BCUT2D eigenvalue weighted by Gasteiger charge is -2.42. The van der Waals surface area contributed by atoms with Crippen molar-refractivity contribution >= 4 is 32.5 Å². The van der Waals surface area contributed by atoms with Crippen molar-refractivity contribution in [3.8, 4) is 39.8 Å². The monoisotopic (exact) mass is 564 g/mol. The van der Waals surface area contributed by atoms with Crippen LogP contribution in [0, 0.1) is 29.6 Å². The zero-order chi connectivity index (χ0) is 27.9. The number of benzene rings is 2. The fourth-order valence-corrected chi connectivity index (χ4v) is 10.8. The summed E-state index contributed by atoms with van der Waals surface area (Å²) < 4.78 is 9.78. The van der Waals surface area contributed by atoms with Crippen molar-refractivity contribution in [1.82, 2.24) is 9.55 Å². The van der Waals surface area contributed by atoms with Gasteiger partial charge in [0.2, 0.25) is 0 Å². The Morgan fingerprint density at radius 1 is 0.833 bits per heavy atom. The van der Waals surface area contributed by atoms with Crippen molar-refractivity contribution in [2.45, 2.75) is 82.0 Å². The minimum Gasteiger partial charge on any atom is -0.452 e. The Bertz CT molecular complexity index is 2140. The summed E-state index contributed by atoms with van der Waals surface area (Å²) >= 11 is 1.75. The molecule has 5 aromatic rings. The van der Waals surface area contributed by atoms with E-state index in [1.54, 1.807) is 17.4 Å². The van der Waals surface area contributed by atoms with Crippen molar-refractivity contribution in [3.05, 3.63) is 69.5 Å². The molecule has 2 fully saturated rings.